The number of rotatable bonds is 47. The van der Waals surface area contributed by atoms with E-state index in [-0.39, 0.29) is 0 Å². The van der Waals surface area contributed by atoms with Gasteiger partial charge in [0.2, 0.25) is 11.4 Å². The van der Waals surface area contributed by atoms with E-state index in [0.717, 1.165) is 87.6 Å². The summed E-state index contributed by atoms with van der Waals surface area (Å²) in [6.07, 6.45) is 57.5. The van der Waals surface area contributed by atoms with Crippen molar-refractivity contribution in [1.29, 1.82) is 0 Å². The van der Waals surface area contributed by atoms with E-state index in [1.165, 1.54) is 239 Å². The molecule has 0 saturated heterocycles. The van der Waals surface area contributed by atoms with Gasteiger partial charge in [-0.15, -0.1) is 23.7 Å². The number of nitrogens with zero attached hydrogens (tertiary/aromatic N) is 2. The van der Waals surface area contributed by atoms with Gasteiger partial charge in [0.1, 0.15) is 0 Å². The molecule has 2 atom stereocenters. The number of allylic oxidation sites excluding steroid dienone is 2. The molecule has 0 bridgehead atoms. The number of hydrogen-bond acceptors (Lipinski definition) is 0. The van der Waals surface area contributed by atoms with Crippen molar-refractivity contribution in [1.82, 2.24) is 0 Å². The Kier molecular flexibility index (Phi) is 46.8. The van der Waals surface area contributed by atoms with Crippen molar-refractivity contribution in [2.45, 2.75) is 335 Å². The fourth-order valence-electron chi connectivity index (χ4n) is 10.9. The second-order valence-electron chi connectivity index (χ2n) is 23.1. The topological polar surface area (TPSA) is 25.3 Å². The molecule has 0 N–H and O–H groups in total. The van der Waals surface area contributed by atoms with Crippen LogP contribution in [0.15, 0.2) is 60.2 Å². The van der Waals surface area contributed by atoms with E-state index in [1.807, 2.05) is 14.4 Å². The second kappa shape index (κ2) is 51.3. The van der Waals surface area contributed by atoms with Crippen molar-refractivity contribution in [2.24, 2.45) is 11.8 Å². The summed E-state index contributed by atoms with van der Waals surface area (Å²) in [6.45, 7) is 16.0. The van der Waals surface area contributed by atoms with Gasteiger partial charge in [0.15, 0.2) is 0 Å². The van der Waals surface area contributed by atoms with Crippen molar-refractivity contribution < 1.29 is 19.1 Å². The summed E-state index contributed by atoms with van der Waals surface area (Å²) in [6, 6.07) is 17.7. The van der Waals surface area contributed by atoms with Gasteiger partial charge in [-0.25, -0.2) is 4.70 Å². The molecule has 2 nitrogen and oxygen atoms in total. The molecule has 0 saturated carbocycles. The third-order valence-corrected chi connectivity index (χ3v) is 17.4. The molecule has 3 heteroatoms. The molecule has 1 aliphatic rings. The number of unbranched alkanes of at least 4 members (excludes halogenated alkanes) is 27. The molecule has 77 heavy (non-hydrogen) atoms. The molecule has 0 radical (unpaired) electrons. The summed E-state index contributed by atoms with van der Waals surface area (Å²) in [7, 11) is 0. The van der Waals surface area contributed by atoms with Crippen LogP contribution in [-0.2, 0) is 27.3 Å². The number of hydrogen-bond donors (Lipinski definition) is 0. The molecule has 2 aromatic carbocycles. The Morgan fingerprint density at radius 2 is 0.766 bits per heavy atom. The van der Waals surface area contributed by atoms with E-state index in [9.17, 15) is 5.53 Å². The Bertz CT molecular complexity index is 1900. The summed E-state index contributed by atoms with van der Waals surface area (Å²) < 4.78 is 1.55. The molecule has 0 aliphatic carbocycles. The van der Waals surface area contributed by atoms with Crippen LogP contribution < -0.4 is 0 Å². The van der Waals surface area contributed by atoms with Gasteiger partial charge < -0.3 is 5.53 Å². The van der Waals surface area contributed by atoms with E-state index in [0.29, 0.717) is 11.8 Å². The Hall–Kier alpha value is -2.87. The predicted molar refractivity (Wildman–Crippen MR) is 340 cm³/mol. The summed E-state index contributed by atoms with van der Waals surface area (Å²) in [5.41, 5.74) is 20.4. The summed E-state index contributed by atoms with van der Waals surface area (Å²) in [5.74, 6) is 15.5. The maximum absolute atomic E-state index is 12.2. The molecule has 0 fully saturated rings. The minimum absolute atomic E-state index is 0.611. The number of benzene rings is 2. The standard InChI is InChI=1S/C58H88N2.2C8H17.Ni/c1-6-11-16-18-20-22-24-26-28-30-38-50(36-13-8-3)45-47-52-41-32-34-43-55(52)57-49-54(40-15-10-5)58(60(57)59)56-44-35-33-42-53(56)48-46-51(37-14-9-4)39-31-29-27-25-23-21-19-17-12-7-2;2*1-3-5-7-8-6-4-2;/h32-35,41-44,49-51H,6-27,36-40,45-48H2,1-5H3;2*1,3-8H2,2H3;. The van der Waals surface area contributed by atoms with Crippen LogP contribution in [-0.4, -0.2) is 4.70 Å². The van der Waals surface area contributed by atoms with E-state index >= 15 is 0 Å². The fourth-order valence-corrected chi connectivity index (χ4v) is 12.1. The van der Waals surface area contributed by atoms with Crippen molar-refractivity contribution in [3.8, 4) is 23.7 Å². The van der Waals surface area contributed by atoms with Crippen molar-refractivity contribution in [3.63, 3.8) is 0 Å². The average molecular weight is 1100 g/mol. The Labute approximate surface area is 486 Å². The third-order valence-electron chi connectivity index (χ3n) is 16.0. The van der Waals surface area contributed by atoms with E-state index < -0.39 is 0 Å². The Morgan fingerprint density at radius 3 is 1.21 bits per heavy atom. The first-order valence-corrected chi connectivity index (χ1v) is 34.8. The van der Waals surface area contributed by atoms with Gasteiger partial charge >= 0.3 is 116 Å². The van der Waals surface area contributed by atoms with Crippen molar-refractivity contribution in [2.75, 3.05) is 0 Å². The van der Waals surface area contributed by atoms with E-state index in [1.54, 1.807) is 4.70 Å². The van der Waals surface area contributed by atoms with Crippen LogP contribution in [0.4, 0.5) is 0 Å². The minimum atomic E-state index is 0.611. The molecule has 438 valence electrons. The molecule has 1 aliphatic heterocycles. The summed E-state index contributed by atoms with van der Waals surface area (Å²) >= 11 is 2.01. The molecule has 0 amide bonds. The second-order valence-corrected chi connectivity index (χ2v) is 24.6. The zero-order chi connectivity index (χ0) is 55.5. The SMILES string of the molecule is CCCCCCCCCC#CCC(CCCC)CCc1ccccc1C1=CC(CCCC)=C(c2ccccc2CCC(CC#CCCCCCCCCC)CCCC)[N+]1=[N-].CCCCCCC[CH2][Ni][CH2]CCCCCCC. The molecule has 0 aromatic heterocycles. The van der Waals surface area contributed by atoms with Crippen LogP contribution in [0.3, 0.4) is 0 Å². The van der Waals surface area contributed by atoms with Gasteiger partial charge in [0.25, 0.3) is 0 Å². The van der Waals surface area contributed by atoms with Gasteiger partial charge in [-0.3, -0.25) is 0 Å². The van der Waals surface area contributed by atoms with Crippen LogP contribution in [0.25, 0.3) is 16.9 Å². The third kappa shape index (κ3) is 34.8. The van der Waals surface area contributed by atoms with Crippen LogP contribution >= 0.6 is 0 Å². The molecule has 3 rings (SSSR count). The predicted octanol–water partition coefficient (Wildman–Crippen LogP) is 24.8. The zero-order valence-corrected chi connectivity index (χ0v) is 52.9. The first-order valence-electron chi connectivity index (χ1n) is 33.5. The normalized spacial score (nSPS) is 13.0. The van der Waals surface area contributed by atoms with E-state index in [2.05, 4.69) is 127 Å². The molecule has 2 aromatic rings. The van der Waals surface area contributed by atoms with Crippen molar-refractivity contribution >= 4 is 11.4 Å². The first kappa shape index (κ1) is 70.2. The van der Waals surface area contributed by atoms with Gasteiger partial charge in [0, 0.05) is 48.5 Å². The van der Waals surface area contributed by atoms with Crippen molar-refractivity contribution in [3.05, 3.63) is 88.0 Å². The first-order chi connectivity index (χ1) is 38.0. The van der Waals surface area contributed by atoms with Crippen LogP contribution in [0.2, 0.25) is 10.8 Å². The summed E-state index contributed by atoms with van der Waals surface area (Å²) in [5, 5.41) is 2.85. The summed E-state index contributed by atoms with van der Waals surface area (Å²) in [4.78, 5) is 0. The fraction of sp³-hybridized carbons (Fsp3) is 0.730. The number of aryl methyl sites for hydroxylation is 2. The van der Waals surface area contributed by atoms with Crippen LogP contribution in [0.1, 0.15) is 334 Å². The Balaban J connectivity index is 0.00000102. The monoisotopic (exact) mass is 1100 g/mol. The van der Waals surface area contributed by atoms with Crippen LogP contribution in [0.5, 0.6) is 0 Å². The zero-order valence-electron chi connectivity index (χ0n) is 51.9. The van der Waals surface area contributed by atoms with Crippen LogP contribution in [0, 0.1) is 35.5 Å². The Morgan fingerprint density at radius 1 is 0.390 bits per heavy atom. The van der Waals surface area contributed by atoms with Gasteiger partial charge in [-0.1, -0.05) is 180 Å². The average Bonchev–Trinajstić information content (AvgIpc) is 3.81. The quantitative estimate of drug-likeness (QED) is 0.0273. The molecule has 0 spiro atoms. The maximum atomic E-state index is 12.2. The molecular weight excluding hydrogens is 976 g/mol. The van der Waals surface area contributed by atoms with Gasteiger partial charge in [-0.2, -0.15) is 0 Å². The van der Waals surface area contributed by atoms with Gasteiger partial charge in [0.05, 0.1) is 0 Å². The molecule has 1 heterocycles. The van der Waals surface area contributed by atoms with E-state index in [4.69, 9.17) is 0 Å². The molecular formula is C74H122N2Ni. The molecule has 2 unspecified atom stereocenters. The van der Waals surface area contributed by atoms with Gasteiger partial charge in [-0.05, 0) is 99.3 Å².